The first-order valence-electron chi connectivity index (χ1n) is 9.05. The Bertz CT molecular complexity index is 1210. The zero-order chi connectivity index (χ0) is 21.1. The topological polar surface area (TPSA) is 106 Å². The smallest absolute Gasteiger partial charge is 0.254 e. The number of pyridine rings is 1. The molecule has 152 valence electrons. The van der Waals surface area contributed by atoms with Gasteiger partial charge in [0.2, 0.25) is 5.91 Å². The molecule has 0 saturated carbocycles. The number of methoxy groups -OCH3 is 1. The molecule has 3 aromatic heterocycles. The quantitative estimate of drug-likeness (QED) is 0.490. The Morgan fingerprint density at radius 1 is 1.23 bits per heavy atom. The number of aromatic nitrogens is 5. The molecule has 0 aliphatic carbocycles. The van der Waals surface area contributed by atoms with Gasteiger partial charge in [0.15, 0.2) is 5.82 Å². The molecule has 0 atom stereocenters. The van der Waals surface area contributed by atoms with Crippen LogP contribution in [0.1, 0.15) is 5.69 Å². The van der Waals surface area contributed by atoms with Crippen molar-refractivity contribution in [3.63, 3.8) is 0 Å². The highest BCUT2D eigenvalue weighted by atomic mass is 35.5. The molecule has 0 saturated heterocycles. The third-order valence-electron chi connectivity index (χ3n) is 4.23. The molecular formula is C20H18ClN7O2. The first kappa shape index (κ1) is 19.6. The molecule has 9 nitrogen and oxygen atoms in total. The van der Waals surface area contributed by atoms with Gasteiger partial charge in [-0.25, -0.2) is 4.98 Å². The highest BCUT2D eigenvalue weighted by molar-refractivity contribution is 6.31. The molecule has 0 aliphatic rings. The van der Waals surface area contributed by atoms with Crippen molar-refractivity contribution in [3.8, 4) is 17.1 Å². The first-order chi connectivity index (χ1) is 14.5. The molecule has 0 spiro atoms. The standard InChI is InChI=1S/C20H18ClN7O2/c1-12-8-17(23-11-18(29)25-15-9-14(21)5-6-16(15)30-2)28-20(24-12)26-19(27-28)13-4-3-7-22-10-13/h3-10,23H,11H2,1-2H3,(H,25,29). The van der Waals surface area contributed by atoms with Crippen molar-refractivity contribution in [1.82, 2.24) is 24.6 Å². The van der Waals surface area contributed by atoms with E-state index in [1.165, 1.54) is 7.11 Å². The number of hydrogen-bond acceptors (Lipinski definition) is 7. The maximum absolute atomic E-state index is 12.5. The van der Waals surface area contributed by atoms with Crippen molar-refractivity contribution in [2.24, 2.45) is 0 Å². The number of rotatable bonds is 6. The predicted octanol–water partition coefficient (Wildman–Crippen LogP) is 3.21. The van der Waals surface area contributed by atoms with Crippen molar-refractivity contribution >= 4 is 34.8 Å². The van der Waals surface area contributed by atoms with Gasteiger partial charge in [0.25, 0.3) is 5.78 Å². The molecule has 0 bridgehead atoms. The van der Waals surface area contributed by atoms with Gasteiger partial charge in [-0.1, -0.05) is 11.6 Å². The van der Waals surface area contributed by atoms with Crippen LogP contribution in [0, 0.1) is 6.92 Å². The van der Waals surface area contributed by atoms with Gasteiger partial charge in [0.05, 0.1) is 19.3 Å². The summed E-state index contributed by atoms with van der Waals surface area (Å²) >= 11 is 6.01. The van der Waals surface area contributed by atoms with Gasteiger partial charge >= 0.3 is 0 Å². The van der Waals surface area contributed by atoms with E-state index in [0.717, 1.165) is 11.3 Å². The van der Waals surface area contributed by atoms with Gasteiger partial charge in [0, 0.05) is 34.7 Å². The molecule has 1 aromatic carbocycles. The lowest BCUT2D eigenvalue weighted by Crippen LogP contribution is -2.23. The Balaban J connectivity index is 1.54. The van der Waals surface area contributed by atoms with Gasteiger partial charge in [-0.3, -0.25) is 9.78 Å². The minimum Gasteiger partial charge on any atom is -0.495 e. The van der Waals surface area contributed by atoms with Crippen LogP contribution in [0.15, 0.2) is 48.8 Å². The van der Waals surface area contributed by atoms with Gasteiger partial charge in [-0.05, 0) is 37.3 Å². The molecule has 1 amide bonds. The fourth-order valence-corrected chi connectivity index (χ4v) is 3.05. The van der Waals surface area contributed by atoms with E-state index in [0.29, 0.717) is 33.9 Å². The number of hydrogen-bond donors (Lipinski definition) is 2. The van der Waals surface area contributed by atoms with Crippen LogP contribution in [0.3, 0.4) is 0 Å². The van der Waals surface area contributed by atoms with Crippen LogP contribution >= 0.6 is 11.6 Å². The number of amides is 1. The van der Waals surface area contributed by atoms with Crippen LogP contribution in [0.5, 0.6) is 5.75 Å². The second kappa shape index (κ2) is 8.34. The lowest BCUT2D eigenvalue weighted by Gasteiger charge is -2.12. The molecule has 2 N–H and O–H groups in total. The fraction of sp³-hybridized carbons (Fsp3) is 0.150. The maximum Gasteiger partial charge on any atom is 0.254 e. The van der Waals surface area contributed by atoms with Crippen molar-refractivity contribution in [2.45, 2.75) is 6.92 Å². The van der Waals surface area contributed by atoms with E-state index >= 15 is 0 Å². The summed E-state index contributed by atoms with van der Waals surface area (Å²) in [5, 5.41) is 10.9. The highest BCUT2D eigenvalue weighted by Gasteiger charge is 2.13. The van der Waals surface area contributed by atoms with Crippen LogP contribution in [0.2, 0.25) is 5.02 Å². The lowest BCUT2D eigenvalue weighted by molar-refractivity contribution is -0.114. The highest BCUT2D eigenvalue weighted by Crippen LogP contribution is 2.27. The molecule has 0 aliphatic heterocycles. The van der Waals surface area contributed by atoms with Crippen LogP contribution in [-0.2, 0) is 4.79 Å². The number of aryl methyl sites for hydroxylation is 1. The Kier molecular flexibility index (Phi) is 5.44. The number of benzene rings is 1. The molecular weight excluding hydrogens is 406 g/mol. The van der Waals surface area contributed by atoms with Crippen molar-refractivity contribution < 1.29 is 9.53 Å². The molecule has 30 heavy (non-hydrogen) atoms. The molecule has 0 fully saturated rings. The second-order valence-electron chi connectivity index (χ2n) is 6.42. The summed E-state index contributed by atoms with van der Waals surface area (Å²) in [6, 6.07) is 10.5. The number of halogens is 1. The molecule has 0 radical (unpaired) electrons. The zero-order valence-corrected chi connectivity index (χ0v) is 17.0. The summed E-state index contributed by atoms with van der Waals surface area (Å²) < 4.78 is 6.81. The Morgan fingerprint density at radius 2 is 2.10 bits per heavy atom. The number of nitrogens with zero attached hydrogens (tertiary/aromatic N) is 5. The van der Waals surface area contributed by atoms with E-state index in [4.69, 9.17) is 16.3 Å². The maximum atomic E-state index is 12.5. The SMILES string of the molecule is COc1ccc(Cl)cc1NC(=O)CNc1cc(C)nc2nc(-c3cccnc3)nn12. The largest absolute Gasteiger partial charge is 0.495 e. The average molecular weight is 424 g/mol. The Morgan fingerprint density at radius 3 is 2.87 bits per heavy atom. The number of ether oxygens (including phenoxy) is 1. The van der Waals surface area contributed by atoms with Crippen LogP contribution < -0.4 is 15.4 Å². The third kappa shape index (κ3) is 4.15. The van der Waals surface area contributed by atoms with E-state index in [1.807, 2.05) is 19.1 Å². The van der Waals surface area contributed by atoms with E-state index in [9.17, 15) is 4.79 Å². The van der Waals surface area contributed by atoms with E-state index in [1.54, 1.807) is 41.2 Å². The molecule has 10 heteroatoms. The molecule has 3 heterocycles. The zero-order valence-electron chi connectivity index (χ0n) is 16.3. The lowest BCUT2D eigenvalue weighted by atomic mass is 10.3. The summed E-state index contributed by atoms with van der Waals surface area (Å²) in [6.07, 6.45) is 3.36. The fourth-order valence-electron chi connectivity index (χ4n) is 2.87. The Hall–Kier alpha value is -3.72. The summed E-state index contributed by atoms with van der Waals surface area (Å²) in [4.78, 5) is 25.4. The Labute approximate surface area is 177 Å². The number of nitrogens with one attached hydrogen (secondary N) is 2. The monoisotopic (exact) mass is 423 g/mol. The first-order valence-corrected chi connectivity index (χ1v) is 9.43. The van der Waals surface area contributed by atoms with Gasteiger partial charge in [-0.15, -0.1) is 5.10 Å². The third-order valence-corrected chi connectivity index (χ3v) is 4.46. The minimum atomic E-state index is -0.272. The van der Waals surface area contributed by atoms with Crippen molar-refractivity contribution in [2.75, 3.05) is 24.3 Å². The normalized spacial score (nSPS) is 10.8. The average Bonchev–Trinajstić information content (AvgIpc) is 3.17. The van der Waals surface area contributed by atoms with Gasteiger partial charge in [-0.2, -0.15) is 9.50 Å². The summed E-state index contributed by atoms with van der Waals surface area (Å²) in [5.74, 6) is 1.76. The number of carbonyl (C=O) groups excluding carboxylic acids is 1. The second-order valence-corrected chi connectivity index (χ2v) is 6.85. The molecule has 4 rings (SSSR count). The number of fused-ring (bicyclic) bond motifs is 1. The summed E-state index contributed by atoms with van der Waals surface area (Å²) in [7, 11) is 1.53. The van der Waals surface area contributed by atoms with Crippen LogP contribution in [0.25, 0.3) is 17.2 Å². The summed E-state index contributed by atoms with van der Waals surface area (Å²) in [6.45, 7) is 1.84. The number of anilines is 2. The van der Waals surface area contributed by atoms with Crippen molar-refractivity contribution in [1.29, 1.82) is 0 Å². The van der Waals surface area contributed by atoms with Gasteiger partial charge < -0.3 is 15.4 Å². The van der Waals surface area contributed by atoms with E-state index in [2.05, 4.69) is 30.7 Å². The number of carbonyl (C=O) groups is 1. The van der Waals surface area contributed by atoms with Crippen LogP contribution in [-0.4, -0.2) is 44.1 Å². The predicted molar refractivity (Wildman–Crippen MR) is 114 cm³/mol. The van der Waals surface area contributed by atoms with E-state index in [-0.39, 0.29) is 12.5 Å². The van der Waals surface area contributed by atoms with Crippen LogP contribution in [0.4, 0.5) is 11.5 Å². The molecule has 0 unspecified atom stereocenters. The minimum absolute atomic E-state index is 0.00366. The summed E-state index contributed by atoms with van der Waals surface area (Å²) in [5.41, 5.74) is 2.01. The van der Waals surface area contributed by atoms with Gasteiger partial charge in [0.1, 0.15) is 11.6 Å². The van der Waals surface area contributed by atoms with Crippen molar-refractivity contribution in [3.05, 3.63) is 59.5 Å². The molecule has 4 aromatic rings. The van der Waals surface area contributed by atoms with E-state index < -0.39 is 0 Å².